The average Bonchev–Trinajstić information content (AvgIpc) is 3.36. The van der Waals surface area contributed by atoms with E-state index in [9.17, 15) is 14.4 Å². The Morgan fingerprint density at radius 2 is 1.89 bits per heavy atom. The molecule has 1 atom stereocenters. The SMILES string of the molecule is CCOC(=O)c1cc2n(n1)C[C@](C)(C(=O)NCc1ccccc1OC)N(CCc1ccc(SC)cc1)C2=O. The van der Waals surface area contributed by atoms with Gasteiger partial charge in [0.25, 0.3) is 5.91 Å². The molecule has 3 aromatic rings. The van der Waals surface area contributed by atoms with Gasteiger partial charge < -0.3 is 19.7 Å². The summed E-state index contributed by atoms with van der Waals surface area (Å²) >= 11 is 1.66. The number of aromatic nitrogens is 2. The number of para-hydroxylation sites is 1. The Labute approximate surface area is 226 Å². The van der Waals surface area contributed by atoms with Crippen LogP contribution in [0.5, 0.6) is 5.75 Å². The first kappa shape index (κ1) is 27.3. The molecule has 1 N–H and O–H groups in total. The molecule has 1 aromatic heterocycles. The quantitative estimate of drug-likeness (QED) is 0.312. The zero-order chi connectivity index (χ0) is 27.3. The van der Waals surface area contributed by atoms with E-state index in [4.69, 9.17) is 9.47 Å². The van der Waals surface area contributed by atoms with E-state index in [-0.39, 0.29) is 42.9 Å². The minimum absolute atomic E-state index is 0.0430. The van der Waals surface area contributed by atoms with E-state index in [2.05, 4.69) is 10.4 Å². The molecule has 2 amide bonds. The highest BCUT2D eigenvalue weighted by Crippen LogP contribution is 2.29. The number of benzene rings is 2. The van der Waals surface area contributed by atoms with E-state index in [0.29, 0.717) is 18.7 Å². The molecule has 0 bridgehead atoms. The third-order valence-electron chi connectivity index (χ3n) is 6.69. The predicted molar refractivity (Wildman–Crippen MR) is 144 cm³/mol. The fourth-order valence-corrected chi connectivity index (χ4v) is 4.95. The van der Waals surface area contributed by atoms with Gasteiger partial charge in [-0.05, 0) is 50.3 Å². The summed E-state index contributed by atoms with van der Waals surface area (Å²) in [6.07, 6.45) is 2.58. The van der Waals surface area contributed by atoms with Crippen LogP contribution in [0.1, 0.15) is 46.0 Å². The maximum absolute atomic E-state index is 13.7. The fraction of sp³-hybridized carbons (Fsp3) is 0.357. The second-order valence-corrected chi connectivity index (χ2v) is 10.00. The number of fused-ring (bicyclic) bond motifs is 1. The Hall–Kier alpha value is -3.79. The molecule has 4 rings (SSSR count). The number of amides is 2. The monoisotopic (exact) mass is 536 g/mol. The number of thioether (sulfide) groups is 1. The van der Waals surface area contributed by atoms with Crippen LogP contribution in [-0.4, -0.2) is 64.5 Å². The molecule has 0 saturated heterocycles. The molecule has 0 spiro atoms. The normalized spacial score (nSPS) is 16.6. The van der Waals surface area contributed by atoms with Crippen LogP contribution in [0.2, 0.25) is 0 Å². The first-order valence-corrected chi connectivity index (χ1v) is 13.6. The van der Waals surface area contributed by atoms with E-state index < -0.39 is 11.5 Å². The van der Waals surface area contributed by atoms with Crippen LogP contribution in [-0.2, 0) is 29.0 Å². The number of hydrogen-bond donors (Lipinski definition) is 1. The summed E-state index contributed by atoms with van der Waals surface area (Å²) in [4.78, 5) is 42.5. The number of carbonyl (C=O) groups excluding carboxylic acids is 3. The molecule has 2 aromatic carbocycles. The van der Waals surface area contributed by atoms with Gasteiger partial charge in [0.1, 0.15) is 17.0 Å². The highest BCUT2D eigenvalue weighted by atomic mass is 32.2. The Kier molecular flexibility index (Phi) is 8.41. The highest BCUT2D eigenvalue weighted by molar-refractivity contribution is 7.98. The van der Waals surface area contributed by atoms with Crippen LogP contribution in [0.3, 0.4) is 0 Å². The summed E-state index contributed by atoms with van der Waals surface area (Å²) in [5.41, 5.74) is 0.920. The van der Waals surface area contributed by atoms with Gasteiger partial charge in [-0.15, -0.1) is 11.8 Å². The minimum atomic E-state index is -1.25. The van der Waals surface area contributed by atoms with Crippen molar-refractivity contribution in [3.8, 4) is 5.75 Å². The molecule has 2 heterocycles. The number of ether oxygens (including phenoxy) is 2. The van der Waals surface area contributed by atoms with Crippen LogP contribution in [0.15, 0.2) is 59.5 Å². The molecular formula is C28H32N4O5S. The van der Waals surface area contributed by atoms with Crippen molar-refractivity contribution in [2.75, 3.05) is 26.5 Å². The molecule has 0 saturated carbocycles. The predicted octanol–water partition coefficient (Wildman–Crippen LogP) is 3.56. The third kappa shape index (κ3) is 5.55. The lowest BCUT2D eigenvalue weighted by atomic mass is 9.94. The van der Waals surface area contributed by atoms with Crippen LogP contribution in [0.4, 0.5) is 0 Å². The van der Waals surface area contributed by atoms with Crippen molar-refractivity contribution in [2.45, 2.75) is 43.8 Å². The van der Waals surface area contributed by atoms with Crippen molar-refractivity contribution >= 4 is 29.5 Å². The fourth-order valence-electron chi connectivity index (χ4n) is 4.54. The Morgan fingerprint density at radius 3 is 2.58 bits per heavy atom. The molecule has 9 nitrogen and oxygen atoms in total. The topological polar surface area (TPSA) is 103 Å². The van der Waals surface area contributed by atoms with Crippen LogP contribution in [0.25, 0.3) is 0 Å². The van der Waals surface area contributed by atoms with Crippen LogP contribution < -0.4 is 10.1 Å². The summed E-state index contributed by atoms with van der Waals surface area (Å²) in [6, 6.07) is 17.0. The number of methoxy groups -OCH3 is 1. The molecule has 0 fully saturated rings. The number of nitrogens with zero attached hydrogens (tertiary/aromatic N) is 3. The molecule has 0 unspecified atom stereocenters. The van der Waals surface area contributed by atoms with Crippen molar-refractivity contribution in [3.63, 3.8) is 0 Å². The smallest absolute Gasteiger partial charge is 0.358 e. The molecule has 0 radical (unpaired) electrons. The molecule has 1 aliphatic rings. The van der Waals surface area contributed by atoms with Crippen LogP contribution in [0, 0.1) is 0 Å². The maximum atomic E-state index is 13.7. The van der Waals surface area contributed by atoms with Gasteiger partial charge in [0, 0.05) is 29.6 Å². The second-order valence-electron chi connectivity index (χ2n) is 9.12. The third-order valence-corrected chi connectivity index (χ3v) is 7.43. The minimum Gasteiger partial charge on any atom is -0.496 e. The van der Waals surface area contributed by atoms with E-state index in [1.54, 1.807) is 37.6 Å². The standard InChI is InChI=1S/C28H32N4O5S/c1-5-37-26(34)22-16-23-25(33)31(15-14-19-10-12-21(38-4)13-11-19)28(2,18-32(23)30-22)27(35)29-17-20-8-6-7-9-24(20)36-3/h6-13,16H,5,14-15,17-18H2,1-4H3,(H,29,35)/t28-/m1/s1. The lowest BCUT2D eigenvalue weighted by Gasteiger charge is -2.43. The summed E-state index contributed by atoms with van der Waals surface area (Å²) in [5, 5.41) is 7.29. The maximum Gasteiger partial charge on any atom is 0.358 e. The van der Waals surface area contributed by atoms with Crippen LogP contribution >= 0.6 is 11.8 Å². The Bertz CT molecular complexity index is 1320. The van der Waals surface area contributed by atoms with E-state index in [1.165, 1.54) is 10.7 Å². The molecule has 200 valence electrons. The summed E-state index contributed by atoms with van der Waals surface area (Å²) in [6.45, 7) is 4.27. The Morgan fingerprint density at radius 1 is 1.16 bits per heavy atom. The second kappa shape index (κ2) is 11.7. The molecule has 1 aliphatic heterocycles. The van der Waals surface area contributed by atoms with Crippen molar-refractivity contribution in [2.24, 2.45) is 0 Å². The first-order valence-electron chi connectivity index (χ1n) is 12.4. The number of esters is 1. The largest absolute Gasteiger partial charge is 0.496 e. The summed E-state index contributed by atoms with van der Waals surface area (Å²) in [7, 11) is 1.58. The highest BCUT2D eigenvalue weighted by Gasteiger charge is 2.48. The van der Waals surface area contributed by atoms with Gasteiger partial charge in [-0.2, -0.15) is 5.10 Å². The lowest BCUT2D eigenvalue weighted by molar-refractivity contribution is -0.133. The lowest BCUT2D eigenvalue weighted by Crippen LogP contribution is -2.64. The van der Waals surface area contributed by atoms with Gasteiger partial charge in [0.2, 0.25) is 5.91 Å². The Balaban J connectivity index is 1.62. The number of carbonyl (C=O) groups is 3. The van der Waals surface area contributed by atoms with Gasteiger partial charge in [-0.25, -0.2) is 4.79 Å². The van der Waals surface area contributed by atoms with Gasteiger partial charge >= 0.3 is 5.97 Å². The zero-order valence-corrected chi connectivity index (χ0v) is 22.8. The average molecular weight is 537 g/mol. The first-order chi connectivity index (χ1) is 18.3. The number of nitrogens with one attached hydrogen (secondary N) is 1. The van der Waals surface area contributed by atoms with Crippen molar-refractivity contribution in [1.29, 1.82) is 0 Å². The van der Waals surface area contributed by atoms with E-state index >= 15 is 0 Å². The molecule has 0 aliphatic carbocycles. The van der Waals surface area contributed by atoms with E-state index in [1.807, 2.05) is 54.8 Å². The van der Waals surface area contributed by atoms with Crippen molar-refractivity contribution < 1.29 is 23.9 Å². The molecule has 38 heavy (non-hydrogen) atoms. The summed E-state index contributed by atoms with van der Waals surface area (Å²) in [5.74, 6) is -0.634. The van der Waals surface area contributed by atoms with Gasteiger partial charge in [0.15, 0.2) is 5.69 Å². The van der Waals surface area contributed by atoms with Crippen molar-refractivity contribution in [1.82, 2.24) is 20.0 Å². The zero-order valence-electron chi connectivity index (χ0n) is 22.0. The van der Waals surface area contributed by atoms with Crippen molar-refractivity contribution in [3.05, 3.63) is 77.1 Å². The number of rotatable bonds is 10. The van der Waals surface area contributed by atoms with E-state index in [0.717, 1.165) is 16.0 Å². The van der Waals surface area contributed by atoms with Gasteiger partial charge in [-0.1, -0.05) is 30.3 Å². The summed E-state index contributed by atoms with van der Waals surface area (Å²) < 4.78 is 11.9. The van der Waals surface area contributed by atoms with Gasteiger partial charge in [0.05, 0.1) is 20.3 Å². The van der Waals surface area contributed by atoms with Gasteiger partial charge in [-0.3, -0.25) is 14.3 Å². The molecular weight excluding hydrogens is 504 g/mol. The molecule has 10 heteroatoms. The number of hydrogen-bond acceptors (Lipinski definition) is 7.